The normalized spacial score (nSPS) is 18.6. The van der Waals surface area contributed by atoms with E-state index in [0.29, 0.717) is 23.8 Å². The number of anilines is 1. The summed E-state index contributed by atoms with van der Waals surface area (Å²) in [4.78, 5) is 29.4. The Balaban J connectivity index is 0.00000261. The Kier molecular flexibility index (Phi) is 7.73. The summed E-state index contributed by atoms with van der Waals surface area (Å²) in [6.45, 7) is 0.405. The lowest BCUT2D eigenvalue weighted by atomic mass is 10.1. The number of ether oxygens (including phenoxy) is 2. The number of benzene rings is 1. The zero-order valence-electron chi connectivity index (χ0n) is 14.8. The van der Waals surface area contributed by atoms with Crippen LogP contribution in [0.4, 0.5) is 5.13 Å². The number of methoxy groups -OCH3 is 1. The molecule has 2 heterocycles. The molecule has 1 fully saturated rings. The molecule has 0 radical (unpaired) electrons. The van der Waals surface area contributed by atoms with Gasteiger partial charge < -0.3 is 15.2 Å². The van der Waals surface area contributed by atoms with Gasteiger partial charge in [0.25, 0.3) is 5.91 Å². The first kappa shape index (κ1) is 21.3. The molecule has 1 aliphatic rings. The molecule has 0 spiro atoms. The average Bonchev–Trinajstić information content (AvgIpc) is 3.29. The number of thiazole rings is 1. The van der Waals surface area contributed by atoms with Gasteiger partial charge in [-0.2, -0.15) is 0 Å². The number of rotatable bonds is 6. The van der Waals surface area contributed by atoms with Crippen molar-refractivity contribution < 1.29 is 19.1 Å². The standard InChI is InChI=1S/C18H21N3O4S.ClH/c1-24-15(22)9-14-16(11-5-3-2-4-6-11)20-18(26-14)21-17(23)13-8-7-12(10-19)25-13;/h2-6,12-13H,7-10,19H2,1H3,(H,20,21,23);1H/t12-,13+;/m1./s1. The first-order valence-corrected chi connectivity index (χ1v) is 9.20. The molecule has 3 N–H and O–H groups in total. The van der Waals surface area contributed by atoms with Gasteiger partial charge in [-0.25, -0.2) is 4.98 Å². The highest BCUT2D eigenvalue weighted by Gasteiger charge is 2.30. The molecule has 1 aromatic carbocycles. The van der Waals surface area contributed by atoms with Gasteiger partial charge in [-0.15, -0.1) is 23.7 Å². The average molecular weight is 412 g/mol. The van der Waals surface area contributed by atoms with E-state index in [4.69, 9.17) is 15.2 Å². The fourth-order valence-electron chi connectivity index (χ4n) is 2.81. The molecule has 9 heteroatoms. The van der Waals surface area contributed by atoms with E-state index in [-0.39, 0.29) is 36.8 Å². The SMILES string of the molecule is COC(=O)Cc1sc(NC(=O)[C@@H]2CC[C@H](CN)O2)nc1-c1ccccc1.Cl. The van der Waals surface area contributed by atoms with Crippen LogP contribution in [-0.4, -0.2) is 42.7 Å². The number of carbonyl (C=O) groups excluding carboxylic acids is 2. The predicted octanol–water partition coefficient (Wildman–Crippen LogP) is 2.39. The molecule has 1 saturated heterocycles. The van der Waals surface area contributed by atoms with Crippen LogP contribution >= 0.6 is 23.7 Å². The van der Waals surface area contributed by atoms with Crippen molar-refractivity contribution in [2.75, 3.05) is 19.0 Å². The van der Waals surface area contributed by atoms with Gasteiger partial charge in [0.2, 0.25) is 0 Å². The number of carbonyl (C=O) groups is 2. The maximum Gasteiger partial charge on any atom is 0.310 e. The predicted molar refractivity (Wildman–Crippen MR) is 106 cm³/mol. The van der Waals surface area contributed by atoms with Crippen LogP contribution in [0, 0.1) is 0 Å². The Hall–Kier alpha value is -2.00. The third kappa shape index (κ3) is 5.26. The summed E-state index contributed by atoms with van der Waals surface area (Å²) in [5, 5.41) is 3.24. The first-order chi connectivity index (χ1) is 12.6. The van der Waals surface area contributed by atoms with E-state index in [1.807, 2.05) is 30.3 Å². The number of hydrogen-bond donors (Lipinski definition) is 2. The summed E-state index contributed by atoms with van der Waals surface area (Å²) in [6.07, 6.45) is 0.923. The highest BCUT2D eigenvalue weighted by atomic mass is 35.5. The van der Waals surface area contributed by atoms with Crippen LogP contribution in [-0.2, 0) is 25.5 Å². The zero-order valence-corrected chi connectivity index (χ0v) is 16.5. The van der Waals surface area contributed by atoms with Crippen LogP contribution < -0.4 is 11.1 Å². The third-order valence-corrected chi connectivity index (χ3v) is 5.14. The quantitative estimate of drug-likeness (QED) is 0.707. The molecule has 7 nitrogen and oxygen atoms in total. The number of nitrogens with zero attached hydrogens (tertiary/aromatic N) is 1. The van der Waals surface area contributed by atoms with E-state index >= 15 is 0 Å². The highest BCUT2D eigenvalue weighted by Crippen LogP contribution is 2.32. The van der Waals surface area contributed by atoms with Crippen molar-refractivity contribution >= 4 is 40.8 Å². The minimum absolute atomic E-state index is 0. The number of nitrogens with two attached hydrogens (primary N) is 1. The molecule has 3 rings (SSSR count). The number of esters is 1. The molecular weight excluding hydrogens is 390 g/mol. The zero-order chi connectivity index (χ0) is 18.5. The summed E-state index contributed by atoms with van der Waals surface area (Å²) >= 11 is 1.27. The molecular formula is C18H22ClN3O4S. The summed E-state index contributed by atoms with van der Waals surface area (Å²) in [5.41, 5.74) is 7.13. The van der Waals surface area contributed by atoms with Crippen molar-refractivity contribution in [3.63, 3.8) is 0 Å². The Morgan fingerprint density at radius 3 is 2.70 bits per heavy atom. The minimum Gasteiger partial charge on any atom is -0.469 e. The van der Waals surface area contributed by atoms with E-state index < -0.39 is 6.10 Å². The molecule has 1 amide bonds. The second-order valence-corrected chi connectivity index (χ2v) is 7.04. The number of aromatic nitrogens is 1. The fraction of sp³-hybridized carbons (Fsp3) is 0.389. The van der Waals surface area contributed by atoms with Crippen LogP contribution in [0.5, 0.6) is 0 Å². The molecule has 2 aromatic rings. The number of amides is 1. The largest absolute Gasteiger partial charge is 0.469 e. The van der Waals surface area contributed by atoms with Crippen molar-refractivity contribution in [1.82, 2.24) is 4.98 Å². The van der Waals surface area contributed by atoms with Gasteiger partial charge >= 0.3 is 5.97 Å². The smallest absolute Gasteiger partial charge is 0.310 e. The second-order valence-electron chi connectivity index (χ2n) is 5.96. The van der Waals surface area contributed by atoms with Crippen molar-refractivity contribution in [1.29, 1.82) is 0 Å². The van der Waals surface area contributed by atoms with E-state index in [2.05, 4.69) is 10.3 Å². The number of halogens is 1. The lowest BCUT2D eigenvalue weighted by molar-refractivity contribution is -0.139. The molecule has 0 bridgehead atoms. The molecule has 0 saturated carbocycles. The van der Waals surface area contributed by atoms with Gasteiger partial charge in [0.05, 0.1) is 25.3 Å². The maximum atomic E-state index is 12.4. The van der Waals surface area contributed by atoms with Crippen molar-refractivity contribution in [2.24, 2.45) is 5.73 Å². The molecule has 1 aromatic heterocycles. The molecule has 1 aliphatic heterocycles. The van der Waals surface area contributed by atoms with E-state index in [9.17, 15) is 9.59 Å². The monoisotopic (exact) mass is 411 g/mol. The lowest BCUT2D eigenvalue weighted by Crippen LogP contribution is -2.29. The molecule has 0 aliphatic carbocycles. The first-order valence-electron chi connectivity index (χ1n) is 8.39. The summed E-state index contributed by atoms with van der Waals surface area (Å²) < 4.78 is 10.4. The van der Waals surface area contributed by atoms with Crippen molar-refractivity contribution in [3.8, 4) is 11.3 Å². The van der Waals surface area contributed by atoms with E-state index in [1.54, 1.807) is 0 Å². The van der Waals surface area contributed by atoms with Gasteiger partial charge in [-0.1, -0.05) is 30.3 Å². The number of hydrogen-bond acceptors (Lipinski definition) is 7. The highest BCUT2D eigenvalue weighted by molar-refractivity contribution is 7.16. The van der Waals surface area contributed by atoms with E-state index in [0.717, 1.165) is 16.9 Å². The molecule has 0 unspecified atom stereocenters. The summed E-state index contributed by atoms with van der Waals surface area (Å²) in [6, 6.07) is 9.52. The van der Waals surface area contributed by atoms with Gasteiger partial charge in [-0.05, 0) is 12.8 Å². The number of nitrogens with one attached hydrogen (secondary N) is 1. The van der Waals surface area contributed by atoms with Crippen LogP contribution in [0.1, 0.15) is 17.7 Å². The van der Waals surface area contributed by atoms with Crippen molar-refractivity contribution in [3.05, 3.63) is 35.2 Å². The van der Waals surface area contributed by atoms with Gasteiger partial charge in [0.15, 0.2) is 5.13 Å². The second kappa shape index (κ2) is 9.80. The van der Waals surface area contributed by atoms with Crippen LogP contribution in [0.15, 0.2) is 30.3 Å². The van der Waals surface area contributed by atoms with Gasteiger partial charge in [0.1, 0.15) is 6.10 Å². The Labute approximate surface area is 167 Å². The van der Waals surface area contributed by atoms with E-state index in [1.165, 1.54) is 18.4 Å². The third-order valence-electron chi connectivity index (χ3n) is 4.17. The molecule has 27 heavy (non-hydrogen) atoms. The topological polar surface area (TPSA) is 104 Å². The van der Waals surface area contributed by atoms with Gasteiger partial charge in [0, 0.05) is 17.0 Å². The van der Waals surface area contributed by atoms with Gasteiger partial charge in [-0.3, -0.25) is 14.9 Å². The minimum atomic E-state index is -0.517. The summed E-state index contributed by atoms with van der Waals surface area (Å²) in [7, 11) is 1.35. The molecule has 146 valence electrons. The van der Waals surface area contributed by atoms with Crippen LogP contribution in [0.25, 0.3) is 11.3 Å². The molecule has 2 atom stereocenters. The Morgan fingerprint density at radius 2 is 2.07 bits per heavy atom. The Morgan fingerprint density at radius 1 is 1.33 bits per heavy atom. The fourth-order valence-corrected chi connectivity index (χ4v) is 3.78. The van der Waals surface area contributed by atoms with Crippen molar-refractivity contribution in [2.45, 2.75) is 31.5 Å². The van der Waals surface area contributed by atoms with Crippen LogP contribution in [0.2, 0.25) is 0 Å². The lowest BCUT2D eigenvalue weighted by Gasteiger charge is -2.11. The Bertz CT molecular complexity index is 784. The van der Waals surface area contributed by atoms with Crippen LogP contribution in [0.3, 0.4) is 0 Å². The maximum absolute atomic E-state index is 12.4. The summed E-state index contributed by atoms with van der Waals surface area (Å²) in [5.74, 6) is -0.590.